The number of nitrogens with one attached hydrogen (secondary N) is 2. The highest BCUT2D eigenvalue weighted by Crippen LogP contribution is 2.26. The molecule has 3 aromatic carbocycles. The average Bonchev–Trinajstić information content (AvgIpc) is 2.77. The zero-order valence-electron chi connectivity index (χ0n) is 17.6. The summed E-state index contributed by atoms with van der Waals surface area (Å²) in [6.45, 7) is 2.28. The largest absolute Gasteiger partial charge is 0.495 e. The number of amides is 1. The second kappa shape index (κ2) is 10.1. The number of carbonyl (C=O) groups excluding carboxylic acids is 1. The summed E-state index contributed by atoms with van der Waals surface area (Å²) in [7, 11) is -2.42. The van der Waals surface area contributed by atoms with E-state index in [0.717, 1.165) is 12.8 Å². The van der Waals surface area contributed by atoms with Gasteiger partial charge in [-0.1, -0.05) is 48.5 Å². The number of ether oxygens (including phenoxy) is 1. The van der Waals surface area contributed by atoms with E-state index in [-0.39, 0.29) is 10.8 Å². The molecule has 0 atom stereocenters. The second-order valence-electron chi connectivity index (χ2n) is 7.13. The fourth-order valence-electron chi connectivity index (χ4n) is 3.18. The number of anilines is 1. The molecule has 0 saturated heterocycles. The SMILES string of the molecule is COc1ccccc1NS(=O)(=O)c1ccc(C)c(C(=O)NCCCc2ccccc2)c1. The summed E-state index contributed by atoms with van der Waals surface area (Å²) in [6.07, 6.45) is 1.65. The van der Waals surface area contributed by atoms with E-state index in [1.165, 1.54) is 24.8 Å². The average molecular weight is 439 g/mol. The van der Waals surface area contributed by atoms with Crippen molar-refractivity contribution in [3.8, 4) is 5.75 Å². The van der Waals surface area contributed by atoms with Gasteiger partial charge in [0.1, 0.15) is 5.75 Å². The summed E-state index contributed by atoms with van der Waals surface area (Å²) in [5.74, 6) is 0.120. The maximum absolute atomic E-state index is 12.9. The lowest BCUT2D eigenvalue weighted by Gasteiger charge is -2.13. The minimum atomic E-state index is -3.89. The van der Waals surface area contributed by atoms with Crippen LogP contribution in [0.2, 0.25) is 0 Å². The summed E-state index contributed by atoms with van der Waals surface area (Å²) in [5, 5.41) is 2.88. The Morgan fingerprint density at radius 1 is 0.968 bits per heavy atom. The van der Waals surface area contributed by atoms with Crippen LogP contribution in [0.15, 0.2) is 77.7 Å². The molecule has 0 fully saturated rings. The van der Waals surface area contributed by atoms with Crippen molar-refractivity contribution in [2.24, 2.45) is 0 Å². The molecule has 7 heteroatoms. The van der Waals surface area contributed by atoms with Crippen LogP contribution in [0.3, 0.4) is 0 Å². The van der Waals surface area contributed by atoms with E-state index in [1.54, 1.807) is 37.3 Å². The van der Waals surface area contributed by atoms with Crippen LogP contribution in [0.4, 0.5) is 5.69 Å². The fourth-order valence-corrected chi connectivity index (χ4v) is 4.28. The van der Waals surface area contributed by atoms with Crippen molar-refractivity contribution >= 4 is 21.6 Å². The molecule has 0 aliphatic rings. The third-order valence-electron chi connectivity index (χ3n) is 4.89. The molecule has 0 aliphatic heterocycles. The Kier molecular flexibility index (Phi) is 7.31. The van der Waals surface area contributed by atoms with Crippen molar-refractivity contribution in [2.75, 3.05) is 18.4 Å². The van der Waals surface area contributed by atoms with E-state index >= 15 is 0 Å². The zero-order chi connectivity index (χ0) is 22.3. The van der Waals surface area contributed by atoms with Crippen molar-refractivity contribution in [1.82, 2.24) is 5.32 Å². The maximum Gasteiger partial charge on any atom is 0.262 e. The van der Waals surface area contributed by atoms with Gasteiger partial charge in [0.25, 0.3) is 15.9 Å². The highest BCUT2D eigenvalue weighted by atomic mass is 32.2. The molecule has 0 aliphatic carbocycles. The van der Waals surface area contributed by atoms with Crippen molar-refractivity contribution < 1.29 is 17.9 Å². The fraction of sp³-hybridized carbons (Fsp3) is 0.208. The van der Waals surface area contributed by atoms with Gasteiger partial charge in [0, 0.05) is 12.1 Å². The third-order valence-corrected chi connectivity index (χ3v) is 6.25. The van der Waals surface area contributed by atoms with E-state index in [9.17, 15) is 13.2 Å². The Morgan fingerprint density at radius 3 is 2.42 bits per heavy atom. The summed E-state index contributed by atoms with van der Waals surface area (Å²) in [4.78, 5) is 12.7. The molecule has 1 amide bonds. The smallest absolute Gasteiger partial charge is 0.262 e. The molecule has 0 heterocycles. The van der Waals surface area contributed by atoms with E-state index in [1.807, 2.05) is 18.2 Å². The molecule has 0 aromatic heterocycles. The monoisotopic (exact) mass is 438 g/mol. The number of para-hydroxylation sites is 2. The van der Waals surface area contributed by atoms with Crippen LogP contribution >= 0.6 is 0 Å². The highest BCUT2D eigenvalue weighted by molar-refractivity contribution is 7.92. The van der Waals surface area contributed by atoms with Crippen molar-refractivity contribution in [3.05, 3.63) is 89.5 Å². The van der Waals surface area contributed by atoms with Crippen molar-refractivity contribution in [2.45, 2.75) is 24.7 Å². The standard InChI is InChI=1S/C24H26N2O4S/c1-18-14-15-20(31(28,29)26-22-12-6-7-13-23(22)30-2)17-21(18)24(27)25-16-8-11-19-9-4-3-5-10-19/h3-7,9-10,12-15,17,26H,8,11,16H2,1-2H3,(H,25,27). The third kappa shape index (κ3) is 5.86. The van der Waals surface area contributed by atoms with E-state index in [0.29, 0.717) is 29.1 Å². The van der Waals surface area contributed by atoms with Crippen LogP contribution in [0.1, 0.15) is 27.9 Å². The lowest BCUT2D eigenvalue weighted by atomic mass is 10.1. The molecule has 162 valence electrons. The minimum Gasteiger partial charge on any atom is -0.495 e. The molecule has 0 bridgehead atoms. The zero-order valence-corrected chi connectivity index (χ0v) is 18.4. The lowest BCUT2D eigenvalue weighted by Crippen LogP contribution is -2.26. The second-order valence-corrected chi connectivity index (χ2v) is 8.81. The lowest BCUT2D eigenvalue weighted by molar-refractivity contribution is 0.0952. The molecule has 6 nitrogen and oxygen atoms in total. The molecular weight excluding hydrogens is 412 g/mol. The molecule has 3 rings (SSSR count). The van der Waals surface area contributed by atoms with Gasteiger partial charge in [-0.05, 0) is 55.2 Å². The van der Waals surface area contributed by atoms with Crippen molar-refractivity contribution in [3.63, 3.8) is 0 Å². The Balaban J connectivity index is 1.69. The molecule has 0 spiro atoms. The van der Waals surface area contributed by atoms with Gasteiger partial charge in [-0.15, -0.1) is 0 Å². The van der Waals surface area contributed by atoms with E-state index in [2.05, 4.69) is 22.2 Å². The molecule has 31 heavy (non-hydrogen) atoms. The van der Waals surface area contributed by atoms with Gasteiger partial charge in [-0.25, -0.2) is 8.42 Å². The van der Waals surface area contributed by atoms with Crippen LogP contribution in [0.5, 0.6) is 5.75 Å². The van der Waals surface area contributed by atoms with Gasteiger partial charge in [-0.2, -0.15) is 0 Å². The van der Waals surface area contributed by atoms with Crippen LogP contribution in [0, 0.1) is 6.92 Å². The Labute approximate surface area is 183 Å². The van der Waals surface area contributed by atoms with E-state index < -0.39 is 10.0 Å². The number of rotatable bonds is 9. The van der Waals surface area contributed by atoms with Crippen LogP contribution in [0.25, 0.3) is 0 Å². The first kappa shape index (κ1) is 22.4. The summed E-state index contributed by atoms with van der Waals surface area (Å²) in [5.41, 5.74) is 2.58. The number of hydrogen-bond acceptors (Lipinski definition) is 4. The Morgan fingerprint density at radius 2 is 1.68 bits per heavy atom. The first-order valence-electron chi connectivity index (χ1n) is 9.99. The van der Waals surface area contributed by atoms with Crippen LogP contribution in [-0.4, -0.2) is 28.0 Å². The molecule has 0 saturated carbocycles. The van der Waals surface area contributed by atoms with Gasteiger partial charge in [-0.3, -0.25) is 9.52 Å². The summed E-state index contributed by atoms with van der Waals surface area (Å²) >= 11 is 0. The molecule has 0 radical (unpaired) electrons. The molecule has 3 aromatic rings. The van der Waals surface area contributed by atoms with Gasteiger partial charge >= 0.3 is 0 Å². The predicted molar refractivity (Wildman–Crippen MR) is 122 cm³/mol. The Bertz CT molecular complexity index is 1150. The highest BCUT2D eigenvalue weighted by Gasteiger charge is 2.19. The Hall–Kier alpha value is -3.32. The molecule has 2 N–H and O–H groups in total. The topological polar surface area (TPSA) is 84.5 Å². The maximum atomic E-state index is 12.9. The number of aryl methyl sites for hydroxylation is 2. The summed E-state index contributed by atoms with van der Waals surface area (Å²) in [6, 6.07) is 21.3. The number of hydrogen-bond donors (Lipinski definition) is 2. The predicted octanol–water partition coefficient (Wildman–Crippen LogP) is 4.17. The van der Waals surface area contributed by atoms with Crippen LogP contribution < -0.4 is 14.8 Å². The first-order chi connectivity index (χ1) is 14.9. The minimum absolute atomic E-state index is 0.0124. The van der Waals surface area contributed by atoms with Gasteiger partial charge in [0.05, 0.1) is 17.7 Å². The van der Waals surface area contributed by atoms with E-state index in [4.69, 9.17) is 4.74 Å². The number of methoxy groups -OCH3 is 1. The molecular formula is C24H26N2O4S. The first-order valence-corrected chi connectivity index (χ1v) is 11.5. The van der Waals surface area contributed by atoms with Gasteiger partial charge < -0.3 is 10.1 Å². The van der Waals surface area contributed by atoms with Gasteiger partial charge in [0.15, 0.2) is 0 Å². The number of sulfonamides is 1. The number of carbonyl (C=O) groups is 1. The number of benzene rings is 3. The summed E-state index contributed by atoms with van der Waals surface area (Å²) < 4.78 is 33.5. The van der Waals surface area contributed by atoms with Gasteiger partial charge in [0.2, 0.25) is 0 Å². The van der Waals surface area contributed by atoms with Crippen LogP contribution in [-0.2, 0) is 16.4 Å². The molecule has 0 unspecified atom stereocenters. The normalized spacial score (nSPS) is 11.0. The van der Waals surface area contributed by atoms with Crippen molar-refractivity contribution in [1.29, 1.82) is 0 Å². The quantitative estimate of drug-likeness (QED) is 0.491.